The van der Waals surface area contributed by atoms with Crippen molar-refractivity contribution in [1.29, 1.82) is 0 Å². The SMILES string of the molecule is COc1ccc(N=c2scc(CO)n2CCCNC(=O)O)nc1. The van der Waals surface area contributed by atoms with Gasteiger partial charge in [0.2, 0.25) is 0 Å². The van der Waals surface area contributed by atoms with Crippen molar-refractivity contribution in [2.24, 2.45) is 4.99 Å². The number of methoxy groups -OCH3 is 1. The summed E-state index contributed by atoms with van der Waals surface area (Å²) in [5.41, 5.74) is 0.734. The molecule has 8 nitrogen and oxygen atoms in total. The lowest BCUT2D eigenvalue weighted by atomic mass is 10.4. The van der Waals surface area contributed by atoms with E-state index in [0.717, 1.165) is 5.69 Å². The van der Waals surface area contributed by atoms with E-state index >= 15 is 0 Å². The summed E-state index contributed by atoms with van der Waals surface area (Å²) in [7, 11) is 1.57. The minimum absolute atomic E-state index is 0.103. The maximum atomic E-state index is 10.5. The second-order valence-electron chi connectivity index (χ2n) is 4.57. The number of hydrogen-bond donors (Lipinski definition) is 3. The molecule has 1 amide bonds. The summed E-state index contributed by atoms with van der Waals surface area (Å²) < 4.78 is 6.92. The van der Waals surface area contributed by atoms with Crippen LogP contribution in [0.5, 0.6) is 5.75 Å². The number of aliphatic hydroxyl groups is 1. The summed E-state index contributed by atoms with van der Waals surface area (Å²) in [5, 5.41) is 22.1. The fourth-order valence-corrected chi connectivity index (χ4v) is 2.83. The van der Waals surface area contributed by atoms with Gasteiger partial charge in [-0.2, -0.15) is 0 Å². The minimum atomic E-state index is -1.05. The van der Waals surface area contributed by atoms with Crippen molar-refractivity contribution in [3.8, 4) is 5.75 Å². The van der Waals surface area contributed by atoms with Gasteiger partial charge in [-0.3, -0.25) is 0 Å². The van der Waals surface area contributed by atoms with E-state index in [1.54, 1.807) is 25.4 Å². The standard InChI is InChI=1S/C14H18N4O4S/c1-22-11-3-4-12(16-7-11)17-13-18(10(8-19)9-23-13)6-2-5-15-14(20)21/h3-4,7,9,15,19H,2,5-6,8H2,1H3,(H,20,21). The van der Waals surface area contributed by atoms with Gasteiger partial charge in [0.05, 0.1) is 25.6 Å². The molecule has 0 aliphatic rings. The van der Waals surface area contributed by atoms with Crippen LogP contribution in [0.4, 0.5) is 10.6 Å². The Labute approximate surface area is 136 Å². The highest BCUT2D eigenvalue weighted by atomic mass is 32.1. The Morgan fingerprint density at radius 2 is 2.35 bits per heavy atom. The Kier molecular flexibility index (Phi) is 6.12. The van der Waals surface area contributed by atoms with Gasteiger partial charge in [-0.15, -0.1) is 11.3 Å². The quantitative estimate of drug-likeness (QED) is 0.660. The molecule has 9 heteroatoms. The van der Waals surface area contributed by atoms with Gasteiger partial charge in [-0.05, 0) is 18.6 Å². The zero-order valence-electron chi connectivity index (χ0n) is 12.6. The lowest BCUT2D eigenvalue weighted by Crippen LogP contribution is -2.25. The Morgan fingerprint density at radius 3 is 2.96 bits per heavy atom. The molecular formula is C14H18N4O4S. The topological polar surface area (TPSA) is 109 Å². The van der Waals surface area contributed by atoms with E-state index in [9.17, 15) is 9.90 Å². The number of carboxylic acid groups (broad SMARTS) is 1. The van der Waals surface area contributed by atoms with Crippen molar-refractivity contribution in [1.82, 2.24) is 14.9 Å². The first kappa shape index (κ1) is 17.0. The largest absolute Gasteiger partial charge is 0.495 e. The summed E-state index contributed by atoms with van der Waals surface area (Å²) in [6, 6.07) is 3.51. The summed E-state index contributed by atoms with van der Waals surface area (Å²) in [5.74, 6) is 1.19. The van der Waals surface area contributed by atoms with Crippen molar-refractivity contribution in [3.63, 3.8) is 0 Å². The van der Waals surface area contributed by atoms with Crippen molar-refractivity contribution >= 4 is 23.2 Å². The van der Waals surface area contributed by atoms with Crippen LogP contribution in [0.3, 0.4) is 0 Å². The average Bonchev–Trinajstić information content (AvgIpc) is 2.94. The zero-order chi connectivity index (χ0) is 16.7. The van der Waals surface area contributed by atoms with Crippen LogP contribution >= 0.6 is 11.3 Å². The number of hydrogen-bond acceptors (Lipinski definition) is 6. The van der Waals surface area contributed by atoms with E-state index in [1.165, 1.54) is 11.3 Å². The van der Waals surface area contributed by atoms with Gasteiger partial charge in [0.1, 0.15) is 5.75 Å². The Bertz CT molecular complexity index is 708. The molecule has 3 N–H and O–H groups in total. The molecule has 2 rings (SSSR count). The number of ether oxygens (including phenoxy) is 1. The van der Waals surface area contributed by atoms with E-state index in [2.05, 4.69) is 15.3 Å². The van der Waals surface area contributed by atoms with Crippen LogP contribution in [0.2, 0.25) is 0 Å². The van der Waals surface area contributed by atoms with Gasteiger partial charge >= 0.3 is 6.09 Å². The van der Waals surface area contributed by atoms with Gasteiger partial charge in [0.25, 0.3) is 0 Å². The van der Waals surface area contributed by atoms with E-state index in [0.29, 0.717) is 35.9 Å². The second-order valence-corrected chi connectivity index (χ2v) is 5.41. The maximum Gasteiger partial charge on any atom is 0.404 e. The predicted molar refractivity (Wildman–Crippen MR) is 84.9 cm³/mol. The molecule has 0 atom stereocenters. The van der Waals surface area contributed by atoms with Crippen molar-refractivity contribution in [2.45, 2.75) is 19.6 Å². The number of amides is 1. The van der Waals surface area contributed by atoms with Crippen LogP contribution in [0.1, 0.15) is 12.1 Å². The molecule has 0 saturated heterocycles. The Balaban J connectivity index is 2.18. The molecule has 0 saturated carbocycles. The minimum Gasteiger partial charge on any atom is -0.495 e. The van der Waals surface area contributed by atoms with Crippen LogP contribution in [-0.4, -0.2) is 39.5 Å². The lowest BCUT2D eigenvalue weighted by molar-refractivity contribution is 0.194. The number of nitrogens with zero attached hydrogens (tertiary/aromatic N) is 3. The third kappa shape index (κ3) is 4.80. The summed E-state index contributed by atoms with van der Waals surface area (Å²) in [6.45, 7) is 0.784. The first-order valence-corrected chi connectivity index (χ1v) is 7.81. The van der Waals surface area contributed by atoms with Gasteiger partial charge in [-0.1, -0.05) is 0 Å². The zero-order valence-corrected chi connectivity index (χ0v) is 13.4. The molecule has 0 radical (unpaired) electrons. The molecule has 2 aromatic rings. The molecule has 0 fully saturated rings. The molecule has 2 aromatic heterocycles. The van der Waals surface area contributed by atoms with Crippen LogP contribution in [0.25, 0.3) is 0 Å². The number of carbonyl (C=O) groups is 1. The van der Waals surface area contributed by atoms with Crippen LogP contribution in [0, 0.1) is 0 Å². The van der Waals surface area contributed by atoms with Crippen molar-refractivity contribution in [2.75, 3.05) is 13.7 Å². The molecule has 0 aromatic carbocycles. The van der Waals surface area contributed by atoms with Crippen LogP contribution in [-0.2, 0) is 13.2 Å². The van der Waals surface area contributed by atoms with E-state index < -0.39 is 6.09 Å². The van der Waals surface area contributed by atoms with E-state index in [4.69, 9.17) is 9.84 Å². The van der Waals surface area contributed by atoms with Crippen LogP contribution in [0.15, 0.2) is 28.7 Å². The molecule has 0 unspecified atom stereocenters. The molecule has 0 aliphatic carbocycles. The second kappa shape index (κ2) is 8.30. The maximum absolute atomic E-state index is 10.5. The lowest BCUT2D eigenvalue weighted by Gasteiger charge is -2.07. The highest BCUT2D eigenvalue weighted by Crippen LogP contribution is 2.13. The smallest absolute Gasteiger partial charge is 0.404 e. The number of nitrogens with one attached hydrogen (secondary N) is 1. The highest BCUT2D eigenvalue weighted by molar-refractivity contribution is 7.07. The van der Waals surface area contributed by atoms with Crippen molar-refractivity contribution < 1.29 is 19.7 Å². The molecule has 0 spiro atoms. The third-order valence-electron chi connectivity index (χ3n) is 3.04. The van der Waals surface area contributed by atoms with Gasteiger partial charge in [-0.25, -0.2) is 14.8 Å². The summed E-state index contributed by atoms with van der Waals surface area (Å²) >= 11 is 1.40. The van der Waals surface area contributed by atoms with Crippen LogP contribution < -0.4 is 14.9 Å². The van der Waals surface area contributed by atoms with Gasteiger partial charge in [0, 0.05) is 18.5 Å². The number of aliphatic hydroxyl groups excluding tert-OH is 1. The molecular weight excluding hydrogens is 320 g/mol. The number of rotatable bonds is 7. The predicted octanol–water partition coefficient (Wildman–Crippen LogP) is 1.34. The van der Waals surface area contributed by atoms with Gasteiger partial charge < -0.3 is 24.8 Å². The average molecular weight is 338 g/mol. The summed E-state index contributed by atoms with van der Waals surface area (Å²) in [4.78, 5) is 19.8. The monoisotopic (exact) mass is 338 g/mol. The van der Waals surface area contributed by atoms with Gasteiger partial charge in [0.15, 0.2) is 10.6 Å². The highest BCUT2D eigenvalue weighted by Gasteiger charge is 2.05. The van der Waals surface area contributed by atoms with E-state index in [-0.39, 0.29) is 6.61 Å². The Morgan fingerprint density at radius 1 is 1.52 bits per heavy atom. The number of aromatic nitrogens is 2. The van der Waals surface area contributed by atoms with Crippen molar-refractivity contribution in [3.05, 3.63) is 34.2 Å². The molecule has 23 heavy (non-hydrogen) atoms. The molecule has 0 aliphatic heterocycles. The first-order chi connectivity index (χ1) is 11.1. The number of pyridine rings is 1. The first-order valence-electron chi connectivity index (χ1n) is 6.93. The fourth-order valence-electron chi connectivity index (χ4n) is 1.91. The normalized spacial score (nSPS) is 11.5. The third-order valence-corrected chi connectivity index (χ3v) is 3.95. The fraction of sp³-hybridized carbons (Fsp3) is 0.357. The van der Waals surface area contributed by atoms with E-state index in [1.807, 2.05) is 9.95 Å². The summed E-state index contributed by atoms with van der Waals surface area (Å²) in [6.07, 6.45) is 1.13. The molecule has 2 heterocycles. The Hall–Kier alpha value is -2.39. The molecule has 124 valence electrons. The molecule has 0 bridgehead atoms. The number of thiazole rings is 1.